The Labute approximate surface area is 241 Å². The number of halogens is 2. The lowest BCUT2D eigenvalue weighted by Gasteiger charge is -2.17. The second kappa shape index (κ2) is 12.7. The van der Waals surface area contributed by atoms with Crippen molar-refractivity contribution < 1.29 is 14.3 Å². The summed E-state index contributed by atoms with van der Waals surface area (Å²) in [6, 6.07) is 15.4. The number of rotatable bonds is 9. The highest BCUT2D eigenvalue weighted by atomic mass is 79.9. The largest absolute Gasteiger partial charge is 0.490 e. The van der Waals surface area contributed by atoms with Gasteiger partial charge < -0.3 is 14.8 Å². The van der Waals surface area contributed by atoms with Crippen molar-refractivity contribution in [3.05, 3.63) is 103 Å². The smallest absolute Gasteiger partial charge is 0.264 e. The Kier molecular flexibility index (Phi) is 9.36. The maximum Gasteiger partial charge on any atom is 0.264 e. The molecular formula is C30H28BrClN2O3S. The quantitative estimate of drug-likeness (QED) is 0.195. The molecule has 196 valence electrons. The molecule has 0 unspecified atom stereocenters. The number of allylic oxidation sites excluding steroid dienone is 1. The van der Waals surface area contributed by atoms with Crippen LogP contribution in [0, 0.1) is 13.8 Å². The molecule has 0 atom stereocenters. The van der Waals surface area contributed by atoms with Gasteiger partial charge in [0.05, 0.1) is 17.2 Å². The summed E-state index contributed by atoms with van der Waals surface area (Å²) in [6.07, 6.45) is 4.25. The van der Waals surface area contributed by atoms with E-state index in [-0.39, 0.29) is 5.91 Å². The second-order valence-corrected chi connectivity index (χ2v) is 11.0. The fourth-order valence-corrected chi connectivity index (χ4v) is 5.17. The summed E-state index contributed by atoms with van der Waals surface area (Å²) in [7, 11) is 0. The predicted octanol–water partition coefficient (Wildman–Crippen LogP) is 8.32. The number of aryl methyl sites for hydroxylation is 2. The van der Waals surface area contributed by atoms with Crippen LogP contribution in [0.4, 0.5) is 5.69 Å². The molecular weight excluding hydrogens is 584 g/mol. The summed E-state index contributed by atoms with van der Waals surface area (Å²) in [5.74, 6) is 1.09. The Morgan fingerprint density at radius 2 is 1.82 bits per heavy atom. The van der Waals surface area contributed by atoms with Crippen LogP contribution in [0.2, 0.25) is 5.02 Å². The molecule has 4 rings (SSSR count). The van der Waals surface area contributed by atoms with Crippen LogP contribution in [0.25, 0.3) is 6.08 Å². The van der Waals surface area contributed by atoms with E-state index in [1.165, 1.54) is 11.8 Å². The minimum Gasteiger partial charge on any atom is -0.490 e. The highest BCUT2D eigenvalue weighted by Crippen LogP contribution is 2.37. The second-order valence-electron chi connectivity index (χ2n) is 8.72. The van der Waals surface area contributed by atoms with Gasteiger partial charge in [-0.2, -0.15) is 0 Å². The first-order valence-electron chi connectivity index (χ1n) is 12.1. The number of nitrogens with zero attached hydrogens (tertiary/aromatic N) is 1. The Bertz CT molecular complexity index is 1410. The van der Waals surface area contributed by atoms with Crippen molar-refractivity contribution in [1.29, 1.82) is 0 Å². The van der Waals surface area contributed by atoms with Crippen LogP contribution in [0.3, 0.4) is 0 Å². The van der Waals surface area contributed by atoms with Gasteiger partial charge in [-0.1, -0.05) is 45.7 Å². The molecule has 3 aromatic rings. The van der Waals surface area contributed by atoms with E-state index in [1.54, 1.807) is 0 Å². The summed E-state index contributed by atoms with van der Waals surface area (Å²) in [5, 5.41) is 4.09. The van der Waals surface area contributed by atoms with Crippen LogP contribution < -0.4 is 14.8 Å². The van der Waals surface area contributed by atoms with Gasteiger partial charge in [0.25, 0.3) is 5.91 Å². The molecule has 3 aromatic carbocycles. The molecule has 1 amide bonds. The van der Waals surface area contributed by atoms with Gasteiger partial charge in [0, 0.05) is 15.1 Å². The van der Waals surface area contributed by atoms with E-state index in [1.807, 2.05) is 81.5 Å². The SMILES string of the molecule is C=CCc1cc(/C=C2\SC(=Nc3cc(C)c(Br)c(C)c3)NC2=O)cc(OCC)c1OCc1ccc(Cl)cc1. The highest BCUT2D eigenvalue weighted by Gasteiger charge is 2.24. The molecule has 0 radical (unpaired) electrons. The number of benzene rings is 3. The van der Waals surface area contributed by atoms with Gasteiger partial charge in [0.1, 0.15) is 6.61 Å². The monoisotopic (exact) mass is 610 g/mol. The maximum atomic E-state index is 12.8. The van der Waals surface area contributed by atoms with Crippen LogP contribution in [0.1, 0.15) is 34.7 Å². The van der Waals surface area contributed by atoms with E-state index in [4.69, 9.17) is 21.1 Å². The lowest BCUT2D eigenvalue weighted by molar-refractivity contribution is -0.115. The first kappa shape index (κ1) is 28.0. The number of aliphatic imine (C=N–C) groups is 1. The summed E-state index contributed by atoms with van der Waals surface area (Å²) < 4.78 is 13.2. The molecule has 1 heterocycles. The van der Waals surface area contributed by atoms with Gasteiger partial charge in [-0.05, 0) is 104 Å². The van der Waals surface area contributed by atoms with E-state index in [0.29, 0.717) is 46.2 Å². The van der Waals surface area contributed by atoms with E-state index < -0.39 is 0 Å². The summed E-state index contributed by atoms with van der Waals surface area (Å²) >= 11 is 10.9. The molecule has 38 heavy (non-hydrogen) atoms. The zero-order valence-corrected chi connectivity index (χ0v) is 24.6. The zero-order chi connectivity index (χ0) is 27.2. The molecule has 5 nitrogen and oxygen atoms in total. The standard InChI is InChI=1S/C30H28BrClN2O3S/c1-5-7-22-14-21(15-25(36-6-2)28(22)37-17-20-8-10-23(32)11-9-20)16-26-29(35)34-30(38-26)33-24-12-18(3)27(31)19(4)13-24/h5,8-16H,1,6-7,17H2,2-4H3,(H,33,34,35)/b26-16-. The molecule has 0 aromatic heterocycles. The highest BCUT2D eigenvalue weighted by molar-refractivity contribution is 9.10. The van der Waals surface area contributed by atoms with Gasteiger partial charge >= 0.3 is 0 Å². The average Bonchev–Trinajstić information content (AvgIpc) is 3.21. The number of ether oxygens (including phenoxy) is 2. The number of nitrogens with one attached hydrogen (secondary N) is 1. The molecule has 0 saturated carbocycles. The van der Waals surface area contributed by atoms with Crippen LogP contribution in [0.15, 0.2) is 75.6 Å². The molecule has 1 saturated heterocycles. The first-order chi connectivity index (χ1) is 18.3. The summed E-state index contributed by atoms with van der Waals surface area (Å²) in [4.78, 5) is 18.0. The normalized spacial score (nSPS) is 15.1. The average molecular weight is 612 g/mol. The minimum absolute atomic E-state index is 0.189. The lowest BCUT2D eigenvalue weighted by atomic mass is 10.0. The fourth-order valence-electron chi connectivity index (χ4n) is 3.97. The molecule has 8 heteroatoms. The van der Waals surface area contributed by atoms with Crippen molar-refractivity contribution in [1.82, 2.24) is 5.32 Å². The third-order valence-corrected chi connectivity index (χ3v) is 8.13. The number of hydrogen-bond donors (Lipinski definition) is 1. The van der Waals surface area contributed by atoms with E-state index in [2.05, 4.69) is 32.8 Å². The predicted molar refractivity (Wildman–Crippen MR) is 162 cm³/mol. The van der Waals surface area contributed by atoms with Crippen molar-refractivity contribution >= 4 is 62.1 Å². The molecule has 1 fully saturated rings. The molecule has 1 N–H and O–H groups in total. The van der Waals surface area contributed by atoms with Crippen molar-refractivity contribution in [3.63, 3.8) is 0 Å². The Hall–Kier alpha value is -3.00. The number of amides is 1. The molecule has 0 bridgehead atoms. The summed E-state index contributed by atoms with van der Waals surface area (Å²) in [5.41, 5.74) is 5.72. The molecule has 1 aliphatic rings. The van der Waals surface area contributed by atoms with E-state index in [0.717, 1.165) is 38.0 Å². The zero-order valence-electron chi connectivity index (χ0n) is 21.4. The number of hydrogen-bond acceptors (Lipinski definition) is 5. The number of carbonyl (C=O) groups is 1. The number of amidine groups is 1. The fraction of sp³-hybridized carbons (Fsp3) is 0.200. The van der Waals surface area contributed by atoms with Crippen molar-refractivity contribution in [2.45, 2.75) is 33.8 Å². The van der Waals surface area contributed by atoms with Crippen molar-refractivity contribution in [2.75, 3.05) is 6.61 Å². The number of thioether (sulfide) groups is 1. The Morgan fingerprint density at radius 1 is 1.11 bits per heavy atom. The van der Waals surface area contributed by atoms with Crippen molar-refractivity contribution in [3.8, 4) is 11.5 Å². The van der Waals surface area contributed by atoms with Gasteiger partial charge in [-0.25, -0.2) is 4.99 Å². The Morgan fingerprint density at radius 3 is 2.47 bits per heavy atom. The first-order valence-corrected chi connectivity index (χ1v) is 14.1. The van der Waals surface area contributed by atoms with Crippen LogP contribution >= 0.6 is 39.3 Å². The van der Waals surface area contributed by atoms with Gasteiger partial charge in [0.15, 0.2) is 16.7 Å². The Balaban J connectivity index is 1.62. The van der Waals surface area contributed by atoms with Crippen LogP contribution in [-0.2, 0) is 17.8 Å². The lowest BCUT2D eigenvalue weighted by Crippen LogP contribution is -2.19. The third kappa shape index (κ3) is 6.90. The van der Waals surface area contributed by atoms with Crippen LogP contribution in [-0.4, -0.2) is 17.7 Å². The van der Waals surface area contributed by atoms with E-state index in [9.17, 15) is 4.79 Å². The van der Waals surface area contributed by atoms with Gasteiger partial charge in [0.2, 0.25) is 0 Å². The number of carbonyl (C=O) groups excluding carboxylic acids is 1. The van der Waals surface area contributed by atoms with Crippen molar-refractivity contribution in [2.24, 2.45) is 4.99 Å². The van der Waals surface area contributed by atoms with E-state index >= 15 is 0 Å². The maximum absolute atomic E-state index is 12.8. The van der Waals surface area contributed by atoms with Gasteiger partial charge in [-0.3, -0.25) is 4.79 Å². The van der Waals surface area contributed by atoms with Crippen LogP contribution in [0.5, 0.6) is 11.5 Å². The molecule has 0 spiro atoms. The minimum atomic E-state index is -0.189. The third-order valence-electron chi connectivity index (χ3n) is 5.72. The molecule has 0 aliphatic carbocycles. The molecule has 1 aliphatic heterocycles. The summed E-state index contributed by atoms with van der Waals surface area (Å²) in [6.45, 7) is 10.7. The topological polar surface area (TPSA) is 59.9 Å². The van der Waals surface area contributed by atoms with Gasteiger partial charge in [-0.15, -0.1) is 6.58 Å².